The van der Waals surface area contributed by atoms with Crippen molar-refractivity contribution in [3.8, 4) is 0 Å². The van der Waals surface area contributed by atoms with E-state index in [9.17, 15) is 4.39 Å². The normalized spacial score (nSPS) is 12.7. The fourth-order valence-corrected chi connectivity index (χ4v) is 2.08. The number of hydrogen-bond acceptors (Lipinski definition) is 2. The summed E-state index contributed by atoms with van der Waals surface area (Å²) in [6.07, 6.45) is 2.63. The van der Waals surface area contributed by atoms with Crippen molar-refractivity contribution in [2.24, 2.45) is 5.73 Å². The second-order valence-electron chi connectivity index (χ2n) is 4.12. The van der Waals surface area contributed by atoms with E-state index in [0.717, 1.165) is 18.7 Å². The number of halogens is 2. The van der Waals surface area contributed by atoms with Crippen molar-refractivity contribution in [3.63, 3.8) is 0 Å². The molecule has 1 aromatic carbocycles. The Bertz CT molecular complexity index is 539. The van der Waals surface area contributed by atoms with Crippen molar-refractivity contribution in [1.29, 1.82) is 0 Å². The molecule has 0 aliphatic rings. The number of benzene rings is 1. The molecule has 0 aliphatic carbocycles. The maximum absolute atomic E-state index is 13.8. The maximum Gasteiger partial charge on any atom is 0.129 e. The van der Waals surface area contributed by atoms with Gasteiger partial charge in [-0.1, -0.05) is 24.6 Å². The van der Waals surface area contributed by atoms with Crippen molar-refractivity contribution in [2.75, 3.05) is 0 Å². The van der Waals surface area contributed by atoms with Crippen molar-refractivity contribution < 1.29 is 4.39 Å². The Kier molecular flexibility index (Phi) is 3.99. The van der Waals surface area contributed by atoms with Crippen molar-refractivity contribution in [2.45, 2.75) is 25.9 Å². The van der Waals surface area contributed by atoms with Gasteiger partial charge in [-0.25, -0.2) is 4.39 Å². The first-order valence-corrected chi connectivity index (χ1v) is 6.23. The first-order chi connectivity index (χ1) is 8.63. The average Bonchev–Trinajstić information content (AvgIpc) is 2.77. The van der Waals surface area contributed by atoms with E-state index < -0.39 is 6.04 Å². The molecule has 0 aliphatic heterocycles. The fraction of sp³-hybridized carbons (Fsp3) is 0.308. The predicted octanol–water partition coefficient (Wildman–Crippen LogP) is 3.13. The van der Waals surface area contributed by atoms with Gasteiger partial charge in [0.25, 0.3) is 0 Å². The summed E-state index contributed by atoms with van der Waals surface area (Å²) in [4.78, 5) is 0. The van der Waals surface area contributed by atoms with Gasteiger partial charge in [0, 0.05) is 23.3 Å². The molecule has 1 atom stereocenters. The summed E-state index contributed by atoms with van der Waals surface area (Å²) in [6, 6.07) is 5.81. The second kappa shape index (κ2) is 5.50. The lowest BCUT2D eigenvalue weighted by atomic mass is 10.0. The Hall–Kier alpha value is -1.39. The SMILES string of the molecule is CCCn1nccc1C(N)c1ccc(Cl)cc1F. The van der Waals surface area contributed by atoms with E-state index in [-0.39, 0.29) is 5.82 Å². The van der Waals surface area contributed by atoms with Gasteiger partial charge < -0.3 is 5.73 Å². The molecule has 5 heteroatoms. The minimum atomic E-state index is -0.531. The van der Waals surface area contributed by atoms with Crippen LogP contribution in [-0.2, 0) is 6.54 Å². The molecule has 1 heterocycles. The molecule has 96 valence electrons. The third kappa shape index (κ3) is 2.54. The number of rotatable bonds is 4. The van der Waals surface area contributed by atoms with Gasteiger partial charge in [0.05, 0.1) is 11.7 Å². The van der Waals surface area contributed by atoms with E-state index in [1.54, 1.807) is 23.0 Å². The number of hydrogen-bond donors (Lipinski definition) is 1. The smallest absolute Gasteiger partial charge is 0.129 e. The van der Waals surface area contributed by atoms with Crippen LogP contribution in [0.1, 0.15) is 30.6 Å². The molecule has 0 bridgehead atoms. The largest absolute Gasteiger partial charge is 0.319 e. The van der Waals surface area contributed by atoms with Gasteiger partial charge in [-0.2, -0.15) is 5.10 Å². The first-order valence-electron chi connectivity index (χ1n) is 5.85. The van der Waals surface area contributed by atoms with Crippen LogP contribution in [0.3, 0.4) is 0 Å². The summed E-state index contributed by atoms with van der Waals surface area (Å²) in [5, 5.41) is 4.55. The minimum absolute atomic E-state index is 0.366. The summed E-state index contributed by atoms with van der Waals surface area (Å²) in [5.41, 5.74) is 7.33. The van der Waals surface area contributed by atoms with Crippen molar-refractivity contribution in [3.05, 3.63) is 52.6 Å². The predicted molar refractivity (Wildman–Crippen MR) is 70.0 cm³/mol. The molecule has 0 fully saturated rings. The van der Waals surface area contributed by atoms with Gasteiger partial charge >= 0.3 is 0 Å². The number of aromatic nitrogens is 2. The van der Waals surface area contributed by atoms with E-state index in [0.29, 0.717) is 10.6 Å². The highest BCUT2D eigenvalue weighted by Gasteiger charge is 2.17. The standard InChI is InChI=1S/C13H15ClFN3/c1-2-7-18-12(5-6-17-18)13(16)10-4-3-9(14)8-11(10)15/h3-6,8,13H,2,7,16H2,1H3. The van der Waals surface area contributed by atoms with E-state index in [2.05, 4.69) is 12.0 Å². The number of nitrogens with zero attached hydrogens (tertiary/aromatic N) is 2. The first kappa shape index (κ1) is 13.1. The third-order valence-electron chi connectivity index (χ3n) is 2.80. The summed E-state index contributed by atoms with van der Waals surface area (Å²) < 4.78 is 15.6. The van der Waals surface area contributed by atoms with E-state index >= 15 is 0 Å². The molecule has 2 rings (SSSR count). The Balaban J connectivity index is 2.35. The van der Waals surface area contributed by atoms with Crippen LogP contribution in [0.2, 0.25) is 5.02 Å². The minimum Gasteiger partial charge on any atom is -0.319 e. The Morgan fingerprint density at radius 2 is 2.22 bits per heavy atom. The fourth-order valence-electron chi connectivity index (χ4n) is 1.92. The Morgan fingerprint density at radius 3 is 2.89 bits per heavy atom. The molecular weight excluding hydrogens is 253 g/mol. The third-order valence-corrected chi connectivity index (χ3v) is 3.04. The molecule has 1 aromatic heterocycles. The highest BCUT2D eigenvalue weighted by Crippen LogP contribution is 2.24. The van der Waals surface area contributed by atoms with Gasteiger partial charge in [0.1, 0.15) is 5.82 Å². The molecular formula is C13H15ClFN3. The van der Waals surface area contributed by atoms with Crippen molar-refractivity contribution >= 4 is 11.6 Å². The molecule has 0 spiro atoms. The van der Waals surface area contributed by atoms with Gasteiger partial charge in [-0.05, 0) is 24.6 Å². The molecule has 18 heavy (non-hydrogen) atoms. The Morgan fingerprint density at radius 1 is 1.44 bits per heavy atom. The summed E-state index contributed by atoms with van der Waals surface area (Å²) in [6.45, 7) is 2.82. The lowest BCUT2D eigenvalue weighted by Crippen LogP contribution is -2.18. The molecule has 0 saturated heterocycles. The highest BCUT2D eigenvalue weighted by atomic mass is 35.5. The highest BCUT2D eigenvalue weighted by molar-refractivity contribution is 6.30. The van der Waals surface area contributed by atoms with Crippen LogP contribution >= 0.6 is 11.6 Å². The number of aryl methyl sites for hydroxylation is 1. The van der Waals surface area contributed by atoms with Crippen LogP contribution in [0.25, 0.3) is 0 Å². The molecule has 0 radical (unpaired) electrons. The molecule has 1 unspecified atom stereocenters. The zero-order valence-electron chi connectivity index (χ0n) is 10.1. The van der Waals surface area contributed by atoms with E-state index in [4.69, 9.17) is 17.3 Å². The molecule has 0 amide bonds. The number of nitrogens with two attached hydrogens (primary N) is 1. The van der Waals surface area contributed by atoms with Crippen LogP contribution in [0, 0.1) is 5.82 Å². The molecule has 2 aromatic rings. The van der Waals surface area contributed by atoms with Crippen LogP contribution in [0.15, 0.2) is 30.5 Å². The zero-order valence-corrected chi connectivity index (χ0v) is 10.9. The second-order valence-corrected chi connectivity index (χ2v) is 4.56. The van der Waals surface area contributed by atoms with Gasteiger partial charge in [-0.3, -0.25) is 4.68 Å². The molecule has 3 nitrogen and oxygen atoms in total. The summed E-state index contributed by atoms with van der Waals surface area (Å²) in [5.74, 6) is -0.390. The lowest BCUT2D eigenvalue weighted by molar-refractivity contribution is 0.545. The zero-order chi connectivity index (χ0) is 13.1. The topological polar surface area (TPSA) is 43.8 Å². The van der Waals surface area contributed by atoms with E-state index in [1.807, 2.05) is 6.07 Å². The summed E-state index contributed by atoms with van der Waals surface area (Å²) >= 11 is 5.73. The average molecular weight is 268 g/mol. The van der Waals surface area contributed by atoms with Crippen LogP contribution in [-0.4, -0.2) is 9.78 Å². The molecule has 0 saturated carbocycles. The maximum atomic E-state index is 13.8. The van der Waals surface area contributed by atoms with Crippen LogP contribution in [0.4, 0.5) is 4.39 Å². The van der Waals surface area contributed by atoms with Gasteiger partial charge in [0.2, 0.25) is 0 Å². The monoisotopic (exact) mass is 267 g/mol. The van der Waals surface area contributed by atoms with E-state index in [1.165, 1.54) is 6.07 Å². The van der Waals surface area contributed by atoms with Gasteiger partial charge in [-0.15, -0.1) is 0 Å². The molecule has 2 N–H and O–H groups in total. The lowest BCUT2D eigenvalue weighted by Gasteiger charge is -2.15. The quantitative estimate of drug-likeness (QED) is 0.925. The van der Waals surface area contributed by atoms with Crippen LogP contribution in [0.5, 0.6) is 0 Å². The summed E-state index contributed by atoms with van der Waals surface area (Å²) in [7, 11) is 0. The Labute approximate surface area is 110 Å². The van der Waals surface area contributed by atoms with Gasteiger partial charge in [0.15, 0.2) is 0 Å². The van der Waals surface area contributed by atoms with Crippen LogP contribution < -0.4 is 5.73 Å². The van der Waals surface area contributed by atoms with Crippen molar-refractivity contribution in [1.82, 2.24) is 9.78 Å².